The third-order valence-electron chi connectivity index (χ3n) is 6.94. The maximum absolute atomic E-state index is 13.2. The number of nitrogens with zero attached hydrogens (tertiary/aromatic N) is 2. The van der Waals surface area contributed by atoms with Gasteiger partial charge >= 0.3 is 6.03 Å². The summed E-state index contributed by atoms with van der Waals surface area (Å²) in [6, 6.07) is 6.04. The minimum Gasteiger partial charge on any atom is -0.327 e. The molecule has 1 N–H and O–H groups in total. The lowest BCUT2D eigenvalue weighted by Gasteiger charge is -2.45. The van der Waals surface area contributed by atoms with Crippen LogP contribution in [0.25, 0.3) is 0 Å². The number of likely N-dealkylation sites (tertiary alicyclic amines) is 1. The summed E-state index contributed by atoms with van der Waals surface area (Å²) in [7, 11) is 0. The van der Waals surface area contributed by atoms with Crippen LogP contribution in [0.5, 0.6) is 0 Å². The van der Waals surface area contributed by atoms with E-state index < -0.39 is 0 Å². The molecule has 3 aliphatic rings. The monoisotopic (exact) mass is 415 g/mol. The molecule has 1 aromatic carbocycles. The number of benzene rings is 1. The third kappa shape index (κ3) is 4.14. The highest BCUT2D eigenvalue weighted by molar-refractivity contribution is 8.00. The maximum atomic E-state index is 13.2. The van der Waals surface area contributed by atoms with Crippen LogP contribution in [-0.4, -0.2) is 52.0 Å². The van der Waals surface area contributed by atoms with Crippen LogP contribution in [0.4, 0.5) is 10.5 Å². The highest BCUT2D eigenvalue weighted by Gasteiger charge is 2.48. The predicted octanol–water partition coefficient (Wildman–Crippen LogP) is 4.78. The quantitative estimate of drug-likeness (QED) is 0.756. The lowest BCUT2D eigenvalue weighted by Crippen LogP contribution is -2.55. The van der Waals surface area contributed by atoms with E-state index in [1.807, 2.05) is 48.7 Å². The molecule has 0 radical (unpaired) electrons. The predicted molar refractivity (Wildman–Crippen MR) is 119 cm³/mol. The number of hydrogen-bond donors (Lipinski definition) is 1. The Morgan fingerprint density at radius 1 is 1.03 bits per heavy atom. The molecular formula is C23H33N3O2S. The first-order chi connectivity index (χ1) is 14.0. The molecule has 0 bridgehead atoms. The van der Waals surface area contributed by atoms with Crippen LogP contribution in [0.15, 0.2) is 18.2 Å². The highest BCUT2D eigenvalue weighted by atomic mass is 32.2. The van der Waals surface area contributed by atoms with Crippen molar-refractivity contribution in [2.24, 2.45) is 5.92 Å². The molecular weight excluding hydrogens is 382 g/mol. The van der Waals surface area contributed by atoms with Crippen molar-refractivity contribution in [2.45, 2.75) is 63.7 Å². The Labute approximate surface area is 178 Å². The zero-order valence-electron chi connectivity index (χ0n) is 17.7. The fourth-order valence-corrected chi connectivity index (χ4v) is 6.62. The Bertz CT molecular complexity index is 747. The van der Waals surface area contributed by atoms with Gasteiger partial charge in [-0.25, -0.2) is 4.79 Å². The van der Waals surface area contributed by atoms with Crippen molar-refractivity contribution in [1.29, 1.82) is 0 Å². The summed E-state index contributed by atoms with van der Waals surface area (Å²) in [5, 5.41) is 3.11. The van der Waals surface area contributed by atoms with Crippen molar-refractivity contribution in [2.75, 3.05) is 30.7 Å². The molecule has 158 valence electrons. The summed E-state index contributed by atoms with van der Waals surface area (Å²) in [6.45, 7) is 6.33. The topological polar surface area (TPSA) is 52.7 Å². The zero-order valence-corrected chi connectivity index (χ0v) is 18.5. The average molecular weight is 416 g/mol. The van der Waals surface area contributed by atoms with Crippen molar-refractivity contribution in [3.8, 4) is 0 Å². The van der Waals surface area contributed by atoms with Crippen LogP contribution in [0.2, 0.25) is 0 Å². The van der Waals surface area contributed by atoms with Gasteiger partial charge in [0.15, 0.2) is 0 Å². The fraction of sp³-hybridized carbons (Fsp3) is 0.652. The fourth-order valence-electron chi connectivity index (χ4n) is 5.16. The number of rotatable bonds is 2. The molecule has 3 amide bonds. The number of carbonyl (C=O) groups excluding carboxylic acids is 2. The minimum atomic E-state index is -0.0934. The molecule has 0 atom stereocenters. The zero-order chi connectivity index (χ0) is 20.4. The van der Waals surface area contributed by atoms with Crippen molar-refractivity contribution >= 4 is 29.4 Å². The Morgan fingerprint density at radius 2 is 1.69 bits per heavy atom. The van der Waals surface area contributed by atoms with E-state index in [2.05, 4.69) is 10.2 Å². The van der Waals surface area contributed by atoms with Gasteiger partial charge in [-0.2, -0.15) is 0 Å². The van der Waals surface area contributed by atoms with E-state index in [9.17, 15) is 9.59 Å². The Balaban J connectivity index is 1.39. The lowest BCUT2D eigenvalue weighted by molar-refractivity contribution is -0.140. The average Bonchev–Trinajstić information content (AvgIpc) is 3.14. The van der Waals surface area contributed by atoms with Gasteiger partial charge in [0.25, 0.3) is 0 Å². The summed E-state index contributed by atoms with van der Waals surface area (Å²) in [5.41, 5.74) is 3.09. The van der Waals surface area contributed by atoms with Crippen LogP contribution >= 0.6 is 11.8 Å². The molecule has 0 unspecified atom stereocenters. The molecule has 3 fully saturated rings. The summed E-state index contributed by atoms with van der Waals surface area (Å²) in [5.74, 6) is 1.63. The third-order valence-corrected chi connectivity index (χ3v) is 8.50. The first-order valence-electron chi connectivity index (χ1n) is 11.1. The van der Waals surface area contributed by atoms with Crippen LogP contribution in [0.3, 0.4) is 0 Å². The van der Waals surface area contributed by atoms with Crippen LogP contribution < -0.4 is 5.32 Å². The van der Waals surface area contributed by atoms with Gasteiger partial charge in [-0.15, -0.1) is 11.8 Å². The molecule has 1 aliphatic carbocycles. The standard InChI is InChI=1S/C23H33N3O2S/c1-17-7-6-8-18(2)20(17)24-22(28)25-13-11-23(12-14-25)26(15-16-29-23)21(27)19-9-4-3-5-10-19/h6-8,19H,3-5,9-16H2,1-2H3,(H,24,28). The van der Waals surface area contributed by atoms with Crippen LogP contribution in [0, 0.1) is 19.8 Å². The summed E-state index contributed by atoms with van der Waals surface area (Å²) in [4.78, 5) is 30.1. The number of para-hydroxylation sites is 1. The molecule has 2 heterocycles. The number of anilines is 1. The van der Waals surface area contributed by atoms with Gasteiger partial charge < -0.3 is 15.1 Å². The highest BCUT2D eigenvalue weighted by Crippen LogP contribution is 2.45. The summed E-state index contributed by atoms with van der Waals surface area (Å²) in [6.07, 6.45) is 7.51. The second-order valence-corrected chi connectivity index (χ2v) is 10.3. The molecule has 1 saturated carbocycles. The molecule has 2 aliphatic heterocycles. The molecule has 0 aromatic heterocycles. The van der Waals surface area contributed by atoms with E-state index in [-0.39, 0.29) is 16.8 Å². The van der Waals surface area contributed by atoms with Gasteiger partial charge in [-0.3, -0.25) is 4.79 Å². The number of thioether (sulfide) groups is 1. The van der Waals surface area contributed by atoms with Crippen molar-refractivity contribution < 1.29 is 9.59 Å². The number of amides is 3. The van der Waals surface area contributed by atoms with E-state index in [4.69, 9.17) is 0 Å². The number of piperidine rings is 1. The molecule has 2 saturated heterocycles. The van der Waals surface area contributed by atoms with Crippen LogP contribution in [0.1, 0.15) is 56.1 Å². The van der Waals surface area contributed by atoms with Gasteiger partial charge in [-0.1, -0.05) is 37.5 Å². The van der Waals surface area contributed by atoms with E-state index in [1.54, 1.807) is 0 Å². The SMILES string of the molecule is Cc1cccc(C)c1NC(=O)N1CCC2(CC1)SCCN2C(=O)C1CCCCC1. The van der Waals surface area contributed by atoms with E-state index >= 15 is 0 Å². The second-order valence-electron chi connectivity index (χ2n) is 8.80. The van der Waals surface area contributed by atoms with E-state index in [1.165, 1.54) is 19.3 Å². The van der Waals surface area contributed by atoms with Crippen molar-refractivity contribution in [1.82, 2.24) is 9.80 Å². The molecule has 6 heteroatoms. The van der Waals surface area contributed by atoms with Gasteiger partial charge in [0, 0.05) is 37.0 Å². The second kappa shape index (κ2) is 8.58. The molecule has 1 spiro atoms. The smallest absolute Gasteiger partial charge is 0.321 e. The van der Waals surface area contributed by atoms with Gasteiger partial charge in [-0.05, 0) is 50.7 Å². The normalized spacial score (nSPS) is 22.1. The number of nitrogens with one attached hydrogen (secondary N) is 1. The summed E-state index contributed by atoms with van der Waals surface area (Å²) < 4.78 is 0. The van der Waals surface area contributed by atoms with Crippen molar-refractivity contribution in [3.05, 3.63) is 29.3 Å². The van der Waals surface area contributed by atoms with Gasteiger partial charge in [0.05, 0.1) is 4.87 Å². The Hall–Kier alpha value is -1.69. The summed E-state index contributed by atoms with van der Waals surface area (Å²) >= 11 is 1.94. The lowest BCUT2D eigenvalue weighted by atomic mass is 9.87. The number of carbonyl (C=O) groups is 2. The van der Waals surface area contributed by atoms with Crippen LogP contribution in [-0.2, 0) is 4.79 Å². The molecule has 4 rings (SSSR count). The maximum Gasteiger partial charge on any atom is 0.321 e. The first-order valence-corrected chi connectivity index (χ1v) is 12.1. The van der Waals surface area contributed by atoms with Crippen molar-refractivity contribution in [3.63, 3.8) is 0 Å². The Morgan fingerprint density at radius 3 is 2.34 bits per heavy atom. The number of urea groups is 1. The largest absolute Gasteiger partial charge is 0.327 e. The molecule has 1 aromatic rings. The molecule has 5 nitrogen and oxygen atoms in total. The van der Waals surface area contributed by atoms with Gasteiger partial charge in [0.1, 0.15) is 0 Å². The number of aryl methyl sites for hydroxylation is 2. The first kappa shape index (κ1) is 20.6. The Kier molecular flexibility index (Phi) is 6.09. The van der Waals surface area contributed by atoms with E-state index in [0.717, 1.165) is 54.8 Å². The van der Waals surface area contributed by atoms with E-state index in [0.29, 0.717) is 19.0 Å². The van der Waals surface area contributed by atoms with Gasteiger partial charge in [0.2, 0.25) is 5.91 Å². The number of hydrogen-bond acceptors (Lipinski definition) is 3. The molecule has 29 heavy (non-hydrogen) atoms. The minimum absolute atomic E-state index is 0.0228.